The van der Waals surface area contributed by atoms with Gasteiger partial charge in [0.2, 0.25) is 0 Å². The molecule has 2 aromatic rings. The van der Waals surface area contributed by atoms with E-state index in [-0.39, 0.29) is 0 Å². The van der Waals surface area contributed by atoms with Gasteiger partial charge in [0, 0.05) is 12.6 Å². The second-order valence-electron chi connectivity index (χ2n) is 4.46. The fourth-order valence-electron chi connectivity index (χ4n) is 1.91. The Morgan fingerprint density at radius 1 is 1.06 bits per heavy atom. The molecule has 1 nitrogen and oxygen atoms in total. The van der Waals surface area contributed by atoms with Crippen LogP contribution in [0, 0.1) is 0 Å². The molecule has 0 heterocycles. The zero-order valence-electron chi connectivity index (χ0n) is 10.8. The van der Waals surface area contributed by atoms with Crippen molar-refractivity contribution >= 4 is 6.08 Å². The summed E-state index contributed by atoms with van der Waals surface area (Å²) in [6, 6.07) is 19.3. The predicted octanol–water partition coefficient (Wildman–Crippen LogP) is 4.18. The van der Waals surface area contributed by atoms with Gasteiger partial charge in [0.25, 0.3) is 0 Å². The van der Waals surface area contributed by atoms with Crippen molar-refractivity contribution in [3.8, 4) is 0 Å². The number of hydrogen-bond acceptors (Lipinski definition) is 1. The second-order valence-corrected chi connectivity index (χ2v) is 4.46. The maximum atomic E-state index is 3.77. The fourth-order valence-corrected chi connectivity index (χ4v) is 1.91. The molecule has 0 saturated carbocycles. The molecule has 0 amide bonds. The van der Waals surface area contributed by atoms with Crippen molar-refractivity contribution in [3.63, 3.8) is 0 Å². The van der Waals surface area contributed by atoms with Crippen molar-refractivity contribution in [1.29, 1.82) is 0 Å². The molecule has 0 bridgehead atoms. The van der Waals surface area contributed by atoms with Crippen LogP contribution in [0.3, 0.4) is 0 Å². The Morgan fingerprint density at radius 2 is 1.72 bits per heavy atom. The van der Waals surface area contributed by atoms with Crippen molar-refractivity contribution in [2.75, 3.05) is 0 Å². The maximum absolute atomic E-state index is 3.77. The summed E-state index contributed by atoms with van der Waals surface area (Å²) in [5, 5.41) is 3.53. The van der Waals surface area contributed by atoms with Gasteiger partial charge in [0.05, 0.1) is 0 Å². The lowest BCUT2D eigenvalue weighted by atomic mass is 10.1. The highest BCUT2D eigenvalue weighted by atomic mass is 14.9. The van der Waals surface area contributed by atoms with Crippen LogP contribution < -0.4 is 5.32 Å². The van der Waals surface area contributed by atoms with E-state index >= 15 is 0 Å². The zero-order valence-corrected chi connectivity index (χ0v) is 10.8. The van der Waals surface area contributed by atoms with E-state index in [0.717, 1.165) is 12.1 Å². The summed E-state index contributed by atoms with van der Waals surface area (Å²) in [4.78, 5) is 0. The molecule has 0 saturated heterocycles. The van der Waals surface area contributed by atoms with Crippen molar-refractivity contribution in [3.05, 3.63) is 77.9 Å². The molecule has 0 aliphatic rings. The highest BCUT2D eigenvalue weighted by molar-refractivity contribution is 5.47. The molecule has 0 fully saturated rings. The lowest BCUT2D eigenvalue weighted by molar-refractivity contribution is 0.575. The zero-order chi connectivity index (χ0) is 12.8. The van der Waals surface area contributed by atoms with Gasteiger partial charge in [-0.2, -0.15) is 0 Å². The van der Waals surface area contributed by atoms with Crippen LogP contribution in [-0.2, 0) is 6.54 Å². The van der Waals surface area contributed by atoms with E-state index < -0.39 is 0 Å². The summed E-state index contributed by atoms with van der Waals surface area (Å²) in [7, 11) is 0. The molecule has 1 unspecified atom stereocenters. The highest BCUT2D eigenvalue weighted by Crippen LogP contribution is 2.14. The van der Waals surface area contributed by atoms with Crippen LogP contribution in [0.1, 0.15) is 29.7 Å². The minimum absolute atomic E-state index is 0.351. The van der Waals surface area contributed by atoms with Gasteiger partial charge in [-0.25, -0.2) is 0 Å². The summed E-state index contributed by atoms with van der Waals surface area (Å²) in [5.74, 6) is 0. The van der Waals surface area contributed by atoms with E-state index in [4.69, 9.17) is 0 Å². The second kappa shape index (κ2) is 6.18. The number of rotatable bonds is 5. The van der Waals surface area contributed by atoms with Gasteiger partial charge in [0.15, 0.2) is 0 Å². The summed E-state index contributed by atoms with van der Waals surface area (Å²) in [5.41, 5.74) is 3.78. The van der Waals surface area contributed by atoms with Crippen molar-refractivity contribution in [2.24, 2.45) is 0 Å². The summed E-state index contributed by atoms with van der Waals surface area (Å²) in [6.45, 7) is 6.85. The number of hydrogen-bond donors (Lipinski definition) is 1. The third kappa shape index (κ3) is 3.31. The van der Waals surface area contributed by atoms with Gasteiger partial charge < -0.3 is 5.32 Å². The smallest absolute Gasteiger partial charge is 0.0294 e. The monoisotopic (exact) mass is 237 g/mol. The van der Waals surface area contributed by atoms with Crippen LogP contribution >= 0.6 is 0 Å². The fraction of sp³-hybridized carbons (Fsp3) is 0.176. The summed E-state index contributed by atoms with van der Waals surface area (Å²) in [6.07, 6.45) is 1.87. The van der Waals surface area contributed by atoms with Gasteiger partial charge in [-0.15, -0.1) is 0 Å². The van der Waals surface area contributed by atoms with Crippen molar-refractivity contribution in [2.45, 2.75) is 19.5 Å². The Kier molecular flexibility index (Phi) is 4.32. The molecule has 0 spiro atoms. The van der Waals surface area contributed by atoms with Gasteiger partial charge in [-0.3, -0.25) is 0 Å². The molecular formula is C17H19N. The summed E-state index contributed by atoms with van der Waals surface area (Å²) < 4.78 is 0. The molecule has 0 aromatic heterocycles. The highest BCUT2D eigenvalue weighted by Gasteiger charge is 2.04. The van der Waals surface area contributed by atoms with E-state index in [0.29, 0.717) is 6.04 Å². The van der Waals surface area contributed by atoms with Gasteiger partial charge >= 0.3 is 0 Å². The minimum Gasteiger partial charge on any atom is -0.306 e. The number of nitrogens with one attached hydrogen (secondary N) is 1. The molecule has 1 heteroatoms. The molecular weight excluding hydrogens is 218 g/mol. The topological polar surface area (TPSA) is 12.0 Å². The van der Waals surface area contributed by atoms with Crippen LogP contribution in [0.4, 0.5) is 0 Å². The Labute approximate surface area is 109 Å². The average Bonchev–Trinajstić information content (AvgIpc) is 2.46. The first kappa shape index (κ1) is 12.6. The Balaban J connectivity index is 1.94. The van der Waals surface area contributed by atoms with E-state index in [9.17, 15) is 0 Å². The quantitative estimate of drug-likeness (QED) is 0.822. The van der Waals surface area contributed by atoms with Crippen LogP contribution in [-0.4, -0.2) is 0 Å². The van der Waals surface area contributed by atoms with Gasteiger partial charge in [-0.1, -0.05) is 67.3 Å². The van der Waals surface area contributed by atoms with E-state index in [1.807, 2.05) is 12.1 Å². The largest absolute Gasteiger partial charge is 0.306 e. The molecule has 1 N–H and O–H groups in total. The average molecular weight is 237 g/mol. The Bertz CT molecular complexity index is 485. The molecule has 92 valence electrons. The van der Waals surface area contributed by atoms with Gasteiger partial charge in [0.1, 0.15) is 0 Å². The van der Waals surface area contributed by atoms with Crippen LogP contribution in [0.25, 0.3) is 6.08 Å². The molecule has 1 atom stereocenters. The molecule has 2 aromatic carbocycles. The first-order chi connectivity index (χ1) is 8.79. The van der Waals surface area contributed by atoms with E-state index in [2.05, 4.69) is 67.4 Å². The van der Waals surface area contributed by atoms with Crippen LogP contribution in [0.5, 0.6) is 0 Å². The van der Waals surface area contributed by atoms with Crippen molar-refractivity contribution in [1.82, 2.24) is 5.32 Å². The Morgan fingerprint density at radius 3 is 2.33 bits per heavy atom. The maximum Gasteiger partial charge on any atom is 0.0294 e. The first-order valence-corrected chi connectivity index (χ1v) is 6.29. The molecule has 0 aliphatic heterocycles. The predicted molar refractivity (Wildman–Crippen MR) is 78.2 cm³/mol. The van der Waals surface area contributed by atoms with Gasteiger partial charge in [-0.05, 0) is 23.6 Å². The first-order valence-electron chi connectivity index (χ1n) is 6.29. The normalized spacial score (nSPS) is 12.1. The van der Waals surface area contributed by atoms with Crippen molar-refractivity contribution < 1.29 is 0 Å². The summed E-state index contributed by atoms with van der Waals surface area (Å²) >= 11 is 0. The molecule has 18 heavy (non-hydrogen) atoms. The molecule has 2 rings (SSSR count). The van der Waals surface area contributed by atoms with Crippen LogP contribution in [0.15, 0.2) is 61.2 Å². The number of benzene rings is 2. The Hall–Kier alpha value is -1.86. The SMILES string of the molecule is C=Cc1ccc(C(C)NCc2ccccc2)cc1. The minimum atomic E-state index is 0.351. The molecule has 0 radical (unpaired) electrons. The lowest BCUT2D eigenvalue weighted by Crippen LogP contribution is -2.17. The molecule has 0 aliphatic carbocycles. The van der Waals surface area contributed by atoms with E-state index in [1.165, 1.54) is 11.1 Å². The standard InChI is InChI=1S/C17H19N/c1-3-15-9-11-17(12-10-15)14(2)18-13-16-7-5-4-6-8-16/h3-12,14,18H,1,13H2,2H3. The third-order valence-corrected chi connectivity index (χ3v) is 3.13. The van der Waals surface area contributed by atoms with Crippen LogP contribution in [0.2, 0.25) is 0 Å². The van der Waals surface area contributed by atoms with E-state index in [1.54, 1.807) is 0 Å². The lowest BCUT2D eigenvalue weighted by Gasteiger charge is -2.14. The third-order valence-electron chi connectivity index (χ3n) is 3.13.